The molecule has 33 heavy (non-hydrogen) atoms. The van der Waals surface area contributed by atoms with E-state index in [1.165, 1.54) is 11.1 Å². The molecule has 1 N–H and O–H groups in total. The van der Waals surface area contributed by atoms with Crippen molar-refractivity contribution >= 4 is 11.9 Å². The van der Waals surface area contributed by atoms with Gasteiger partial charge in [-0.1, -0.05) is 24.3 Å². The lowest BCUT2D eigenvalue weighted by Crippen LogP contribution is -2.59. The van der Waals surface area contributed by atoms with Gasteiger partial charge < -0.3 is 5.32 Å². The van der Waals surface area contributed by atoms with Gasteiger partial charge in [-0.2, -0.15) is 15.0 Å². The summed E-state index contributed by atoms with van der Waals surface area (Å²) in [7, 11) is 0. The third kappa shape index (κ3) is 4.34. The van der Waals surface area contributed by atoms with Gasteiger partial charge in [-0.15, -0.1) is 0 Å². The number of piperidine rings is 1. The maximum atomic E-state index is 13.8. The lowest BCUT2D eigenvalue weighted by atomic mass is 9.75. The number of hydrogen-bond acceptors (Lipinski definition) is 6. The predicted molar refractivity (Wildman–Crippen MR) is 127 cm³/mol. The quantitative estimate of drug-likeness (QED) is 0.582. The molecule has 2 aromatic carbocycles. The smallest absolute Gasteiger partial charge is 0.183 e. The van der Waals surface area contributed by atoms with Crippen molar-refractivity contribution < 1.29 is 9.63 Å². The molecule has 0 aliphatic carbocycles. The number of carbonyl (C=O) groups excluding carboxylic acids is 1. The van der Waals surface area contributed by atoms with Gasteiger partial charge in [0.15, 0.2) is 5.78 Å². The Labute approximate surface area is 194 Å². The molecule has 2 aliphatic heterocycles. The van der Waals surface area contributed by atoms with Crippen LogP contribution in [-0.4, -0.2) is 44.5 Å². The van der Waals surface area contributed by atoms with Crippen molar-refractivity contribution in [2.24, 2.45) is 5.92 Å². The van der Waals surface area contributed by atoms with E-state index in [-0.39, 0.29) is 11.7 Å². The van der Waals surface area contributed by atoms with Crippen molar-refractivity contribution in [1.29, 1.82) is 0 Å². The number of aryl methyl sites for hydroxylation is 1. The summed E-state index contributed by atoms with van der Waals surface area (Å²) >= 11 is 0. The molecule has 0 saturated carbocycles. The summed E-state index contributed by atoms with van der Waals surface area (Å²) in [4.78, 5) is 21.6. The first-order chi connectivity index (χ1) is 16.0. The summed E-state index contributed by atoms with van der Waals surface area (Å²) in [6.45, 7) is 5.99. The van der Waals surface area contributed by atoms with Crippen LogP contribution in [0.15, 0.2) is 61.1 Å². The van der Waals surface area contributed by atoms with Crippen LogP contribution in [0.4, 0.5) is 0 Å². The fraction of sp³-hybridized carbons (Fsp3) is 0.346. The minimum atomic E-state index is -0.710. The summed E-state index contributed by atoms with van der Waals surface area (Å²) < 4.78 is 0. The highest BCUT2D eigenvalue weighted by atomic mass is 16.7. The molecule has 7 heteroatoms. The Balaban J connectivity index is 1.34. The molecule has 7 nitrogen and oxygen atoms in total. The number of rotatable bonds is 6. The first-order valence-electron chi connectivity index (χ1n) is 11.5. The third-order valence-electron chi connectivity index (χ3n) is 6.73. The van der Waals surface area contributed by atoms with Crippen LogP contribution < -0.4 is 5.32 Å². The SMILES string of the molecule is Cc1cc(C(=O)C2(C)NCCCC2CON2C=Cc3ccccc3C2)cc(-n2nccn2)c1. The standard InChI is InChI=1S/C26H29N5O2/c1-19-14-22(16-24(15-19)31-28-11-12-29-31)25(32)26(2)23(8-5-10-27-26)18-33-30-13-9-20-6-3-4-7-21(20)17-30/h3-4,6-7,9,11-16,23,27H,5,8,10,17-18H2,1-2H3. The lowest BCUT2D eigenvalue weighted by Gasteiger charge is -2.41. The highest BCUT2D eigenvalue weighted by Crippen LogP contribution is 2.32. The van der Waals surface area contributed by atoms with E-state index in [0.717, 1.165) is 30.6 Å². The fourth-order valence-corrected chi connectivity index (χ4v) is 4.80. The minimum Gasteiger partial charge on any atom is -0.305 e. The Morgan fingerprint density at radius 1 is 1.21 bits per heavy atom. The van der Waals surface area contributed by atoms with Gasteiger partial charge in [0.05, 0.1) is 36.8 Å². The van der Waals surface area contributed by atoms with Gasteiger partial charge in [0.25, 0.3) is 0 Å². The Morgan fingerprint density at radius 3 is 2.88 bits per heavy atom. The fourth-order valence-electron chi connectivity index (χ4n) is 4.80. The first kappa shape index (κ1) is 21.6. The summed E-state index contributed by atoms with van der Waals surface area (Å²) in [5.41, 5.74) is 4.19. The second kappa shape index (κ2) is 8.92. The van der Waals surface area contributed by atoms with Crippen LogP contribution in [0, 0.1) is 12.8 Å². The number of fused-ring (bicyclic) bond motifs is 1. The molecular weight excluding hydrogens is 414 g/mol. The molecule has 3 heterocycles. The number of aromatic nitrogens is 3. The lowest BCUT2D eigenvalue weighted by molar-refractivity contribution is -0.148. The van der Waals surface area contributed by atoms with E-state index in [1.807, 2.05) is 55.4 Å². The van der Waals surface area contributed by atoms with Gasteiger partial charge in [0.2, 0.25) is 0 Å². The van der Waals surface area contributed by atoms with Crippen LogP contribution in [0.25, 0.3) is 11.8 Å². The van der Waals surface area contributed by atoms with E-state index in [1.54, 1.807) is 17.2 Å². The molecular formula is C26H29N5O2. The Kier molecular flexibility index (Phi) is 5.83. The molecule has 2 atom stereocenters. The summed E-state index contributed by atoms with van der Waals surface area (Å²) in [5, 5.41) is 13.8. The average Bonchev–Trinajstić information content (AvgIpc) is 3.38. The maximum absolute atomic E-state index is 13.8. The molecule has 3 aromatic rings. The summed E-state index contributed by atoms with van der Waals surface area (Å²) in [6, 6.07) is 14.1. The van der Waals surface area contributed by atoms with Crippen molar-refractivity contribution in [2.75, 3.05) is 13.2 Å². The van der Waals surface area contributed by atoms with Crippen LogP contribution in [0.1, 0.15) is 46.8 Å². The van der Waals surface area contributed by atoms with Crippen LogP contribution in [-0.2, 0) is 11.4 Å². The van der Waals surface area contributed by atoms with Crippen LogP contribution in [0.3, 0.4) is 0 Å². The Hall–Kier alpha value is -3.29. The van der Waals surface area contributed by atoms with E-state index >= 15 is 0 Å². The molecule has 0 radical (unpaired) electrons. The molecule has 1 aromatic heterocycles. The Bertz CT molecular complexity index is 1170. The first-order valence-corrected chi connectivity index (χ1v) is 11.5. The van der Waals surface area contributed by atoms with Gasteiger partial charge in [-0.25, -0.2) is 0 Å². The highest BCUT2D eigenvalue weighted by Gasteiger charge is 2.43. The molecule has 1 fully saturated rings. The molecule has 2 unspecified atom stereocenters. The molecule has 2 aliphatic rings. The monoisotopic (exact) mass is 443 g/mol. The van der Waals surface area contributed by atoms with Gasteiger partial charge in [-0.05, 0) is 74.2 Å². The second-order valence-electron chi connectivity index (χ2n) is 9.06. The van der Waals surface area contributed by atoms with Crippen LogP contribution in [0.2, 0.25) is 0 Å². The van der Waals surface area contributed by atoms with Crippen molar-refractivity contribution in [3.05, 3.63) is 83.3 Å². The van der Waals surface area contributed by atoms with E-state index in [2.05, 4.69) is 33.7 Å². The molecule has 5 rings (SSSR count). The summed E-state index contributed by atoms with van der Waals surface area (Å²) in [6.07, 6.45) is 9.26. The van der Waals surface area contributed by atoms with Crippen molar-refractivity contribution in [1.82, 2.24) is 25.4 Å². The zero-order valence-electron chi connectivity index (χ0n) is 19.1. The van der Waals surface area contributed by atoms with Crippen molar-refractivity contribution in [3.8, 4) is 5.69 Å². The van der Waals surface area contributed by atoms with Gasteiger partial charge in [0, 0.05) is 17.7 Å². The highest BCUT2D eigenvalue weighted by molar-refractivity contribution is 6.03. The Morgan fingerprint density at radius 2 is 2.03 bits per heavy atom. The van der Waals surface area contributed by atoms with Crippen LogP contribution >= 0.6 is 0 Å². The van der Waals surface area contributed by atoms with E-state index in [4.69, 9.17) is 4.84 Å². The zero-order chi connectivity index (χ0) is 22.8. The van der Waals surface area contributed by atoms with E-state index in [0.29, 0.717) is 18.7 Å². The number of carbonyl (C=O) groups is 1. The average molecular weight is 444 g/mol. The molecule has 1 saturated heterocycles. The molecule has 0 bridgehead atoms. The van der Waals surface area contributed by atoms with Gasteiger partial charge in [0.1, 0.15) is 0 Å². The minimum absolute atomic E-state index is 0.0520. The molecule has 0 spiro atoms. The van der Waals surface area contributed by atoms with Gasteiger partial charge >= 0.3 is 0 Å². The number of hydrogen-bond donors (Lipinski definition) is 1. The predicted octanol–water partition coefficient (Wildman–Crippen LogP) is 3.93. The number of nitrogens with zero attached hydrogens (tertiary/aromatic N) is 4. The molecule has 0 amide bonds. The molecule has 170 valence electrons. The second-order valence-corrected chi connectivity index (χ2v) is 9.06. The normalized spacial score (nSPS) is 22.2. The number of hydroxylamine groups is 2. The van der Waals surface area contributed by atoms with E-state index < -0.39 is 5.54 Å². The zero-order valence-corrected chi connectivity index (χ0v) is 19.1. The van der Waals surface area contributed by atoms with Crippen molar-refractivity contribution in [2.45, 2.75) is 38.8 Å². The van der Waals surface area contributed by atoms with Gasteiger partial charge in [-0.3, -0.25) is 14.7 Å². The number of Topliss-reactive ketones (excluding diaryl/α,β-unsaturated/α-hetero) is 1. The van der Waals surface area contributed by atoms with Crippen molar-refractivity contribution in [3.63, 3.8) is 0 Å². The third-order valence-corrected chi connectivity index (χ3v) is 6.73. The largest absolute Gasteiger partial charge is 0.305 e. The number of ketones is 1. The number of benzene rings is 2. The van der Waals surface area contributed by atoms with E-state index in [9.17, 15) is 4.79 Å². The maximum Gasteiger partial charge on any atom is 0.183 e. The summed E-state index contributed by atoms with van der Waals surface area (Å²) in [5.74, 6) is 0.128. The topological polar surface area (TPSA) is 72.3 Å². The number of nitrogens with one attached hydrogen (secondary N) is 1. The van der Waals surface area contributed by atoms with Crippen LogP contribution in [0.5, 0.6) is 0 Å².